The summed E-state index contributed by atoms with van der Waals surface area (Å²) >= 11 is 0. The Morgan fingerprint density at radius 1 is 1.06 bits per heavy atom. The highest BCUT2D eigenvalue weighted by molar-refractivity contribution is 5.92. The van der Waals surface area contributed by atoms with Crippen molar-refractivity contribution < 1.29 is 9.18 Å². The van der Waals surface area contributed by atoms with E-state index in [2.05, 4.69) is 35.6 Å². The molecule has 3 heterocycles. The van der Waals surface area contributed by atoms with Gasteiger partial charge in [-0.05, 0) is 42.7 Å². The van der Waals surface area contributed by atoms with Crippen LogP contribution in [-0.4, -0.2) is 30.8 Å². The maximum absolute atomic E-state index is 13.0. The first-order chi connectivity index (χ1) is 15.5. The Bertz CT molecular complexity index is 1350. The zero-order valence-corrected chi connectivity index (χ0v) is 16.8. The molecule has 3 N–H and O–H groups in total. The van der Waals surface area contributed by atoms with Crippen molar-refractivity contribution in [3.63, 3.8) is 0 Å². The van der Waals surface area contributed by atoms with Gasteiger partial charge in [-0.25, -0.2) is 24.3 Å². The van der Waals surface area contributed by atoms with Crippen molar-refractivity contribution in [3.8, 4) is 11.3 Å². The van der Waals surface area contributed by atoms with Crippen LogP contribution in [0.25, 0.3) is 22.3 Å². The minimum atomic E-state index is -0.396. The Morgan fingerprint density at radius 2 is 1.81 bits per heavy atom. The van der Waals surface area contributed by atoms with Gasteiger partial charge < -0.3 is 5.32 Å². The molecule has 1 aliphatic carbocycles. The molecule has 4 aromatic rings. The molecule has 0 radical (unpaired) electrons. The van der Waals surface area contributed by atoms with E-state index >= 15 is 0 Å². The van der Waals surface area contributed by atoms with E-state index in [4.69, 9.17) is 0 Å². The Labute approximate surface area is 181 Å². The summed E-state index contributed by atoms with van der Waals surface area (Å²) in [6.45, 7) is 0.376. The van der Waals surface area contributed by atoms with Gasteiger partial charge in [0.2, 0.25) is 17.8 Å². The van der Waals surface area contributed by atoms with Crippen LogP contribution in [-0.2, 0) is 11.3 Å². The van der Waals surface area contributed by atoms with Gasteiger partial charge >= 0.3 is 0 Å². The second-order valence-electron chi connectivity index (χ2n) is 7.52. The maximum Gasteiger partial charge on any atom is 0.278 e. The number of carbonyl (C=O) groups excluding carboxylic acids is 1. The molecule has 0 bridgehead atoms. The van der Waals surface area contributed by atoms with Gasteiger partial charge in [0.15, 0.2) is 5.52 Å². The largest absolute Gasteiger partial charge is 0.352 e. The van der Waals surface area contributed by atoms with Gasteiger partial charge in [0.1, 0.15) is 5.82 Å². The lowest BCUT2D eigenvalue weighted by Gasteiger charge is -2.08. The molecule has 0 unspecified atom stereocenters. The second-order valence-corrected chi connectivity index (χ2v) is 7.52. The summed E-state index contributed by atoms with van der Waals surface area (Å²) in [5, 5.41) is 5.70. The number of nitrogens with zero attached hydrogens (tertiary/aromatic N) is 4. The van der Waals surface area contributed by atoms with Crippen LogP contribution < -0.4 is 16.2 Å². The highest BCUT2D eigenvalue weighted by Crippen LogP contribution is 2.29. The van der Waals surface area contributed by atoms with E-state index in [0.29, 0.717) is 29.3 Å². The number of aromatic nitrogens is 5. The number of nitrogens with one attached hydrogen (secondary N) is 3. The number of halogens is 1. The third-order valence-corrected chi connectivity index (χ3v) is 5.06. The topological polar surface area (TPSA) is 126 Å². The van der Waals surface area contributed by atoms with Crippen molar-refractivity contribution in [1.82, 2.24) is 24.9 Å². The van der Waals surface area contributed by atoms with E-state index < -0.39 is 5.56 Å². The monoisotopic (exact) mass is 431 g/mol. The van der Waals surface area contributed by atoms with Crippen LogP contribution in [0.3, 0.4) is 0 Å². The first-order valence-corrected chi connectivity index (χ1v) is 10.1. The average Bonchev–Trinajstić information content (AvgIpc) is 3.65. The maximum atomic E-state index is 13.0. The third kappa shape index (κ3) is 4.29. The quantitative estimate of drug-likeness (QED) is 0.429. The minimum Gasteiger partial charge on any atom is -0.352 e. The standard InChI is InChI=1S/C22H18FN7O2/c23-15-5-1-12(2-6-15)9-24-22-28-17-8-7-16(27-18(17)20(32)30-22)14-10-25-21(26-11-14)29-19(31)13-3-4-13/h1-2,5-8,10-11,13H,3-4,9H2,(H2,24,28,30,32)(H,25,26,29,31). The van der Waals surface area contributed by atoms with Gasteiger partial charge in [0.05, 0.1) is 11.2 Å². The van der Waals surface area contributed by atoms with Crippen molar-refractivity contribution >= 4 is 28.8 Å². The number of aromatic amines is 1. The van der Waals surface area contributed by atoms with Crippen LogP contribution in [0.15, 0.2) is 53.6 Å². The Hall–Kier alpha value is -4.21. The predicted octanol–water partition coefficient (Wildman–Crippen LogP) is 2.87. The third-order valence-electron chi connectivity index (χ3n) is 5.06. The first-order valence-electron chi connectivity index (χ1n) is 10.1. The molecule has 160 valence electrons. The highest BCUT2D eigenvalue weighted by atomic mass is 19.1. The van der Waals surface area contributed by atoms with E-state index in [1.54, 1.807) is 36.7 Å². The lowest BCUT2D eigenvalue weighted by molar-refractivity contribution is -0.117. The van der Waals surface area contributed by atoms with E-state index in [9.17, 15) is 14.0 Å². The van der Waals surface area contributed by atoms with Gasteiger partial charge in [-0.3, -0.25) is 19.9 Å². The van der Waals surface area contributed by atoms with E-state index in [-0.39, 0.29) is 29.1 Å². The second kappa shape index (κ2) is 8.14. The molecule has 10 heteroatoms. The zero-order valence-electron chi connectivity index (χ0n) is 16.8. The summed E-state index contributed by atoms with van der Waals surface area (Å²) in [5.41, 5.74) is 2.17. The molecule has 1 saturated carbocycles. The molecule has 1 amide bonds. The van der Waals surface area contributed by atoms with Crippen molar-refractivity contribution in [1.29, 1.82) is 0 Å². The van der Waals surface area contributed by atoms with Crippen LogP contribution in [0.1, 0.15) is 18.4 Å². The Kier molecular flexibility index (Phi) is 5.02. The van der Waals surface area contributed by atoms with Crippen LogP contribution in [0.2, 0.25) is 0 Å². The van der Waals surface area contributed by atoms with E-state index in [1.807, 2.05) is 0 Å². The molecule has 1 fully saturated rings. The molecule has 5 rings (SSSR count). The molecular formula is C22H18FN7O2. The molecule has 0 aliphatic heterocycles. The summed E-state index contributed by atoms with van der Waals surface area (Å²) in [6.07, 6.45) is 4.89. The zero-order chi connectivity index (χ0) is 22.1. The minimum absolute atomic E-state index is 0.0646. The molecular weight excluding hydrogens is 413 g/mol. The van der Waals surface area contributed by atoms with Crippen molar-refractivity contribution in [2.75, 3.05) is 10.6 Å². The number of H-pyrrole nitrogens is 1. The van der Waals surface area contributed by atoms with E-state index in [1.165, 1.54) is 12.1 Å². The smallest absolute Gasteiger partial charge is 0.278 e. The van der Waals surface area contributed by atoms with E-state index in [0.717, 1.165) is 18.4 Å². The van der Waals surface area contributed by atoms with Crippen molar-refractivity contribution in [2.45, 2.75) is 19.4 Å². The molecule has 1 aromatic carbocycles. The summed E-state index contributed by atoms with van der Waals surface area (Å²) in [6, 6.07) is 9.46. The Balaban J connectivity index is 1.34. The van der Waals surface area contributed by atoms with Crippen LogP contribution in [0.5, 0.6) is 0 Å². The normalized spacial score (nSPS) is 13.2. The van der Waals surface area contributed by atoms with Gasteiger partial charge in [-0.1, -0.05) is 12.1 Å². The molecule has 32 heavy (non-hydrogen) atoms. The fraction of sp³-hybridized carbons (Fsp3) is 0.182. The van der Waals surface area contributed by atoms with Gasteiger partial charge in [-0.15, -0.1) is 0 Å². The lowest BCUT2D eigenvalue weighted by atomic mass is 10.2. The lowest BCUT2D eigenvalue weighted by Crippen LogP contribution is -2.15. The van der Waals surface area contributed by atoms with Crippen LogP contribution in [0.4, 0.5) is 16.3 Å². The first kappa shape index (κ1) is 19.7. The number of anilines is 2. The highest BCUT2D eigenvalue weighted by Gasteiger charge is 2.30. The number of fused-ring (bicyclic) bond motifs is 1. The average molecular weight is 431 g/mol. The molecule has 9 nitrogen and oxygen atoms in total. The van der Waals surface area contributed by atoms with Crippen molar-refractivity contribution in [2.24, 2.45) is 5.92 Å². The predicted molar refractivity (Wildman–Crippen MR) is 116 cm³/mol. The van der Waals surface area contributed by atoms with Gasteiger partial charge in [0.25, 0.3) is 5.56 Å². The molecule has 3 aromatic heterocycles. The fourth-order valence-corrected chi connectivity index (χ4v) is 3.14. The number of benzene rings is 1. The molecule has 0 saturated heterocycles. The molecule has 1 aliphatic rings. The van der Waals surface area contributed by atoms with Gasteiger partial charge in [-0.2, -0.15) is 0 Å². The molecule has 0 spiro atoms. The number of pyridine rings is 1. The summed E-state index contributed by atoms with van der Waals surface area (Å²) < 4.78 is 13.0. The summed E-state index contributed by atoms with van der Waals surface area (Å²) in [7, 11) is 0. The number of carbonyl (C=O) groups is 1. The number of hydrogen-bond acceptors (Lipinski definition) is 7. The Morgan fingerprint density at radius 3 is 2.53 bits per heavy atom. The van der Waals surface area contributed by atoms with Crippen LogP contribution >= 0.6 is 0 Å². The summed E-state index contributed by atoms with van der Waals surface area (Å²) in [4.78, 5) is 44.2. The molecule has 0 atom stereocenters. The van der Waals surface area contributed by atoms with Crippen molar-refractivity contribution in [3.05, 3.63) is 70.5 Å². The number of amides is 1. The number of hydrogen-bond donors (Lipinski definition) is 3. The van der Waals surface area contributed by atoms with Gasteiger partial charge in [0, 0.05) is 30.4 Å². The summed E-state index contributed by atoms with van der Waals surface area (Å²) in [5.74, 6) is 0.219. The van der Waals surface area contributed by atoms with Crippen LogP contribution in [0, 0.1) is 11.7 Å². The number of rotatable bonds is 6. The SMILES string of the molecule is O=C(Nc1ncc(-c2ccc3nc(NCc4ccc(F)cc4)[nH]c(=O)c3n2)cn1)C1CC1. The fourth-order valence-electron chi connectivity index (χ4n) is 3.14.